The third-order valence-electron chi connectivity index (χ3n) is 4.25. The fourth-order valence-electron chi connectivity index (χ4n) is 2.73. The Hall–Kier alpha value is -3.13. The van der Waals surface area contributed by atoms with Crippen molar-refractivity contribution in [3.05, 3.63) is 59.3 Å². The van der Waals surface area contributed by atoms with E-state index < -0.39 is 5.97 Å². The number of amides is 2. The number of aromatic nitrogens is 1. The molecule has 0 bridgehead atoms. The van der Waals surface area contributed by atoms with Crippen LogP contribution in [0.5, 0.6) is 0 Å². The zero-order valence-electron chi connectivity index (χ0n) is 14.9. The zero-order valence-corrected chi connectivity index (χ0v) is 14.9. The van der Waals surface area contributed by atoms with Gasteiger partial charge in [-0.3, -0.25) is 0 Å². The lowest BCUT2D eigenvalue weighted by Crippen LogP contribution is -2.37. The van der Waals surface area contributed by atoms with Gasteiger partial charge in [0.25, 0.3) is 0 Å². The number of anilines is 1. The molecule has 0 unspecified atom stereocenters. The minimum atomic E-state index is -0.971. The van der Waals surface area contributed by atoms with E-state index in [9.17, 15) is 9.59 Å². The van der Waals surface area contributed by atoms with Crippen LogP contribution in [0.3, 0.4) is 0 Å². The largest absolute Gasteiger partial charge is 0.478 e. The van der Waals surface area contributed by atoms with Crippen LogP contribution in [-0.2, 0) is 17.8 Å². The Labute approximate surface area is 157 Å². The fourth-order valence-corrected chi connectivity index (χ4v) is 2.73. The molecule has 1 saturated heterocycles. The number of pyridine rings is 1. The lowest BCUT2D eigenvalue weighted by Gasteiger charge is -2.28. The Balaban J connectivity index is 1.46. The van der Waals surface area contributed by atoms with Crippen LogP contribution in [0.4, 0.5) is 10.6 Å². The van der Waals surface area contributed by atoms with Gasteiger partial charge < -0.3 is 25.4 Å². The van der Waals surface area contributed by atoms with Crippen molar-refractivity contribution in [3.8, 4) is 0 Å². The minimum Gasteiger partial charge on any atom is -0.478 e. The number of nitrogens with zero attached hydrogens (tertiary/aromatic N) is 2. The molecule has 27 heavy (non-hydrogen) atoms. The summed E-state index contributed by atoms with van der Waals surface area (Å²) in [5, 5.41) is 14.5. The molecular weight excluding hydrogens is 348 g/mol. The maximum atomic E-state index is 12.0. The molecule has 1 fully saturated rings. The lowest BCUT2D eigenvalue weighted by molar-refractivity contribution is 0.0697. The highest BCUT2D eigenvalue weighted by atomic mass is 16.5. The summed E-state index contributed by atoms with van der Waals surface area (Å²) in [6, 6.07) is 9.94. The number of aromatic carboxylic acids is 1. The minimum absolute atomic E-state index is 0.219. The standard InChI is InChI=1S/C19H22N4O4/c24-18(25)16-3-1-14(2-4-16)12-21-19(26)22-13-15-5-6-20-17(11-15)23-7-9-27-10-8-23/h1-6,11H,7-10,12-13H2,(H,24,25)(H2,21,22,26). The molecule has 2 amide bonds. The van der Waals surface area contributed by atoms with Gasteiger partial charge in [-0.1, -0.05) is 12.1 Å². The molecule has 1 aliphatic heterocycles. The van der Waals surface area contributed by atoms with Gasteiger partial charge in [-0.05, 0) is 35.4 Å². The fraction of sp³-hybridized carbons (Fsp3) is 0.316. The third kappa shape index (κ3) is 5.42. The summed E-state index contributed by atoms with van der Waals surface area (Å²) >= 11 is 0. The van der Waals surface area contributed by atoms with Gasteiger partial charge in [0, 0.05) is 32.4 Å². The monoisotopic (exact) mass is 370 g/mol. The summed E-state index contributed by atoms with van der Waals surface area (Å²) in [5.41, 5.74) is 2.01. The van der Waals surface area contributed by atoms with Crippen LogP contribution in [0.1, 0.15) is 21.5 Å². The predicted molar refractivity (Wildman–Crippen MR) is 99.7 cm³/mol. The molecule has 0 spiro atoms. The molecule has 142 valence electrons. The SMILES string of the molecule is O=C(NCc1ccc(C(=O)O)cc1)NCc1ccnc(N2CCOCC2)c1. The van der Waals surface area contributed by atoms with Crippen molar-refractivity contribution < 1.29 is 19.4 Å². The number of carbonyl (C=O) groups is 2. The average molecular weight is 370 g/mol. The van der Waals surface area contributed by atoms with E-state index in [0.717, 1.165) is 30.0 Å². The summed E-state index contributed by atoms with van der Waals surface area (Å²) in [4.78, 5) is 29.4. The summed E-state index contributed by atoms with van der Waals surface area (Å²) < 4.78 is 5.35. The number of hydrogen-bond acceptors (Lipinski definition) is 5. The molecule has 1 aliphatic rings. The molecule has 1 aromatic carbocycles. The van der Waals surface area contributed by atoms with E-state index in [0.29, 0.717) is 26.3 Å². The van der Waals surface area contributed by atoms with Gasteiger partial charge >= 0.3 is 12.0 Å². The first-order valence-electron chi connectivity index (χ1n) is 8.73. The van der Waals surface area contributed by atoms with E-state index >= 15 is 0 Å². The third-order valence-corrected chi connectivity index (χ3v) is 4.25. The molecule has 0 saturated carbocycles. The van der Waals surface area contributed by atoms with Crippen LogP contribution in [-0.4, -0.2) is 48.4 Å². The molecular formula is C19H22N4O4. The highest BCUT2D eigenvalue weighted by molar-refractivity contribution is 5.87. The number of carboxylic acids is 1. The van der Waals surface area contributed by atoms with Crippen molar-refractivity contribution in [2.45, 2.75) is 13.1 Å². The summed E-state index contributed by atoms with van der Waals surface area (Å²) in [5.74, 6) is -0.0856. The Kier molecular flexibility index (Phi) is 6.22. The lowest BCUT2D eigenvalue weighted by atomic mass is 10.1. The Morgan fingerprint density at radius 1 is 1.04 bits per heavy atom. The molecule has 0 radical (unpaired) electrons. The van der Waals surface area contributed by atoms with Gasteiger partial charge in [-0.25, -0.2) is 14.6 Å². The summed E-state index contributed by atoms with van der Waals surface area (Å²) in [6.45, 7) is 3.72. The quantitative estimate of drug-likeness (QED) is 0.714. The van der Waals surface area contributed by atoms with Crippen LogP contribution in [0, 0.1) is 0 Å². The molecule has 1 aromatic heterocycles. The molecule has 0 aliphatic carbocycles. The number of hydrogen-bond donors (Lipinski definition) is 3. The van der Waals surface area contributed by atoms with Gasteiger partial charge in [-0.2, -0.15) is 0 Å². The van der Waals surface area contributed by atoms with Crippen molar-refractivity contribution in [3.63, 3.8) is 0 Å². The predicted octanol–water partition coefficient (Wildman–Crippen LogP) is 1.62. The van der Waals surface area contributed by atoms with Gasteiger partial charge in [0.1, 0.15) is 5.82 Å². The average Bonchev–Trinajstić information content (AvgIpc) is 2.72. The zero-order chi connectivity index (χ0) is 19.1. The maximum Gasteiger partial charge on any atom is 0.335 e. The molecule has 2 heterocycles. The Bertz CT molecular complexity index is 789. The number of benzene rings is 1. The molecule has 2 aromatic rings. The van der Waals surface area contributed by atoms with Gasteiger partial charge in [0.15, 0.2) is 0 Å². The van der Waals surface area contributed by atoms with Crippen LogP contribution >= 0.6 is 0 Å². The number of carbonyl (C=O) groups excluding carboxylic acids is 1. The van der Waals surface area contributed by atoms with Crippen molar-refractivity contribution in [1.29, 1.82) is 0 Å². The van der Waals surface area contributed by atoms with Crippen molar-refractivity contribution >= 4 is 17.8 Å². The molecule has 8 heteroatoms. The maximum absolute atomic E-state index is 12.0. The Morgan fingerprint density at radius 2 is 1.70 bits per heavy atom. The van der Waals surface area contributed by atoms with E-state index in [4.69, 9.17) is 9.84 Å². The van der Waals surface area contributed by atoms with Gasteiger partial charge in [0.2, 0.25) is 0 Å². The number of ether oxygens (including phenoxy) is 1. The molecule has 0 atom stereocenters. The Morgan fingerprint density at radius 3 is 2.37 bits per heavy atom. The van der Waals surface area contributed by atoms with E-state index in [-0.39, 0.29) is 11.6 Å². The van der Waals surface area contributed by atoms with Crippen LogP contribution in [0.15, 0.2) is 42.6 Å². The topological polar surface area (TPSA) is 104 Å². The van der Waals surface area contributed by atoms with Crippen molar-refractivity contribution in [1.82, 2.24) is 15.6 Å². The van der Waals surface area contributed by atoms with Crippen LogP contribution in [0.2, 0.25) is 0 Å². The summed E-state index contributed by atoms with van der Waals surface area (Å²) in [7, 11) is 0. The highest BCUT2D eigenvalue weighted by Crippen LogP contribution is 2.14. The number of rotatable bonds is 6. The van der Waals surface area contributed by atoms with E-state index in [1.54, 1.807) is 18.3 Å². The second-order valence-corrected chi connectivity index (χ2v) is 6.16. The van der Waals surface area contributed by atoms with E-state index in [2.05, 4.69) is 20.5 Å². The first-order valence-corrected chi connectivity index (χ1v) is 8.73. The smallest absolute Gasteiger partial charge is 0.335 e. The second-order valence-electron chi connectivity index (χ2n) is 6.16. The number of urea groups is 1. The number of morpholine rings is 1. The molecule has 3 rings (SSSR count). The first-order chi connectivity index (χ1) is 13.1. The number of carboxylic acid groups (broad SMARTS) is 1. The van der Waals surface area contributed by atoms with Crippen LogP contribution < -0.4 is 15.5 Å². The number of nitrogens with one attached hydrogen (secondary N) is 2. The van der Waals surface area contributed by atoms with Crippen molar-refractivity contribution in [2.24, 2.45) is 0 Å². The van der Waals surface area contributed by atoms with E-state index in [1.165, 1.54) is 12.1 Å². The normalized spacial score (nSPS) is 13.9. The summed E-state index contributed by atoms with van der Waals surface area (Å²) in [6.07, 6.45) is 1.74. The van der Waals surface area contributed by atoms with Crippen LogP contribution in [0.25, 0.3) is 0 Å². The molecule has 8 nitrogen and oxygen atoms in total. The molecule has 3 N–H and O–H groups in total. The van der Waals surface area contributed by atoms with Crippen molar-refractivity contribution in [2.75, 3.05) is 31.2 Å². The first kappa shape index (κ1) is 18.7. The van der Waals surface area contributed by atoms with Gasteiger partial charge in [-0.15, -0.1) is 0 Å². The highest BCUT2D eigenvalue weighted by Gasteiger charge is 2.12. The van der Waals surface area contributed by atoms with E-state index in [1.807, 2.05) is 12.1 Å². The second kappa shape index (κ2) is 9.00. The van der Waals surface area contributed by atoms with Gasteiger partial charge in [0.05, 0.1) is 18.8 Å².